The van der Waals surface area contributed by atoms with Gasteiger partial charge >= 0.3 is 0 Å². The minimum atomic E-state index is 0.769. The van der Waals surface area contributed by atoms with Crippen molar-refractivity contribution in [1.29, 1.82) is 0 Å². The summed E-state index contributed by atoms with van der Waals surface area (Å²) in [6.45, 7) is 0.844. The monoisotopic (exact) mass is 271 g/mol. The van der Waals surface area contributed by atoms with Crippen LogP contribution in [-0.4, -0.2) is 6.54 Å². The highest BCUT2D eigenvalue weighted by Crippen LogP contribution is 2.11. The zero-order chi connectivity index (χ0) is 8.81. The Bertz CT molecular complexity index is 288. The van der Waals surface area contributed by atoms with Crippen LogP contribution in [0.4, 0.5) is 5.69 Å². The second kappa shape index (κ2) is 5.04. The molecule has 1 N–H and O–H groups in total. The predicted molar refractivity (Wildman–Crippen MR) is 61.1 cm³/mol. The number of terminal acetylenes is 1. The van der Waals surface area contributed by atoms with Gasteiger partial charge in [0.1, 0.15) is 0 Å². The maximum Gasteiger partial charge on any atom is 0.0351 e. The maximum atomic E-state index is 5.13. The van der Waals surface area contributed by atoms with Gasteiger partial charge in [-0.1, -0.05) is 6.07 Å². The Morgan fingerprint density at radius 3 is 3.00 bits per heavy atom. The molecule has 0 aromatic heterocycles. The first kappa shape index (κ1) is 9.40. The second-order valence-corrected chi connectivity index (χ2v) is 3.64. The van der Waals surface area contributed by atoms with E-state index in [2.05, 4.69) is 46.0 Å². The molecule has 1 aromatic carbocycles. The van der Waals surface area contributed by atoms with E-state index < -0.39 is 0 Å². The van der Waals surface area contributed by atoms with E-state index in [9.17, 15) is 0 Å². The molecule has 12 heavy (non-hydrogen) atoms. The molecule has 1 aromatic rings. The van der Waals surface area contributed by atoms with E-state index in [-0.39, 0.29) is 0 Å². The van der Waals surface area contributed by atoms with E-state index in [1.165, 1.54) is 3.57 Å². The minimum Gasteiger partial charge on any atom is -0.384 e. The molecule has 0 atom stereocenters. The summed E-state index contributed by atoms with van der Waals surface area (Å²) in [4.78, 5) is 0. The van der Waals surface area contributed by atoms with E-state index in [4.69, 9.17) is 6.42 Å². The lowest BCUT2D eigenvalue weighted by molar-refractivity contribution is 1.10. The fourth-order valence-electron chi connectivity index (χ4n) is 0.877. The first-order valence-corrected chi connectivity index (χ1v) is 4.83. The largest absolute Gasteiger partial charge is 0.384 e. The van der Waals surface area contributed by atoms with Crippen LogP contribution in [0.25, 0.3) is 0 Å². The van der Waals surface area contributed by atoms with Crippen molar-refractivity contribution in [3.05, 3.63) is 27.8 Å². The summed E-state index contributed by atoms with van der Waals surface area (Å²) in [5, 5.41) is 3.24. The molecule has 1 nitrogen and oxygen atoms in total. The molecule has 0 bridgehead atoms. The average molecular weight is 271 g/mol. The number of benzene rings is 1. The molecular weight excluding hydrogens is 261 g/mol. The Labute approximate surface area is 86.7 Å². The fraction of sp³-hybridized carbons (Fsp3) is 0.200. The number of nitrogens with one attached hydrogen (secondary N) is 1. The fourth-order valence-corrected chi connectivity index (χ4v) is 1.42. The van der Waals surface area contributed by atoms with Gasteiger partial charge in [-0.15, -0.1) is 12.3 Å². The molecule has 0 unspecified atom stereocenters. The normalized spacial score (nSPS) is 9.00. The van der Waals surface area contributed by atoms with Crippen molar-refractivity contribution in [3.63, 3.8) is 0 Å². The molecule has 1 rings (SSSR count). The van der Waals surface area contributed by atoms with E-state index in [1.807, 2.05) is 12.1 Å². The van der Waals surface area contributed by atoms with Gasteiger partial charge < -0.3 is 5.32 Å². The number of hydrogen-bond acceptors (Lipinski definition) is 1. The summed E-state index contributed by atoms with van der Waals surface area (Å²) < 4.78 is 1.23. The van der Waals surface area contributed by atoms with E-state index >= 15 is 0 Å². The second-order valence-electron chi connectivity index (χ2n) is 2.39. The lowest BCUT2D eigenvalue weighted by atomic mass is 10.3. The number of anilines is 1. The standard InChI is InChI=1S/C10H10IN/c1-2-3-7-12-10-6-4-5-9(11)8-10/h1,4-6,8,12H,3,7H2. The van der Waals surface area contributed by atoms with Crippen LogP contribution in [0.1, 0.15) is 6.42 Å². The average Bonchev–Trinajstić information content (AvgIpc) is 2.05. The summed E-state index contributed by atoms with van der Waals surface area (Å²) in [7, 11) is 0. The third-order valence-electron chi connectivity index (χ3n) is 1.42. The summed E-state index contributed by atoms with van der Waals surface area (Å²) in [6.07, 6.45) is 5.90. The zero-order valence-electron chi connectivity index (χ0n) is 6.68. The summed E-state index contributed by atoms with van der Waals surface area (Å²) >= 11 is 2.29. The molecule has 0 aliphatic heterocycles. The van der Waals surface area contributed by atoms with Crippen LogP contribution in [0.3, 0.4) is 0 Å². The number of hydrogen-bond donors (Lipinski definition) is 1. The van der Waals surface area contributed by atoms with Crippen LogP contribution < -0.4 is 5.32 Å². The Balaban J connectivity index is 2.48. The van der Waals surface area contributed by atoms with Gasteiger partial charge in [-0.3, -0.25) is 0 Å². The molecule has 0 saturated heterocycles. The van der Waals surface area contributed by atoms with Gasteiger partial charge in [0.15, 0.2) is 0 Å². The molecule has 0 saturated carbocycles. The Hall–Kier alpha value is -0.690. The third kappa shape index (κ3) is 3.14. The summed E-state index contributed by atoms with van der Waals surface area (Å²) in [5.41, 5.74) is 1.14. The lowest BCUT2D eigenvalue weighted by Gasteiger charge is -2.03. The summed E-state index contributed by atoms with van der Waals surface area (Å²) in [6, 6.07) is 8.22. The molecule has 0 aliphatic carbocycles. The van der Waals surface area contributed by atoms with Gasteiger partial charge in [0, 0.05) is 22.2 Å². The van der Waals surface area contributed by atoms with Crippen molar-refractivity contribution in [2.24, 2.45) is 0 Å². The van der Waals surface area contributed by atoms with Crippen LogP contribution >= 0.6 is 22.6 Å². The topological polar surface area (TPSA) is 12.0 Å². The molecule has 0 heterocycles. The SMILES string of the molecule is C#CCCNc1cccc(I)c1. The quantitative estimate of drug-likeness (QED) is 0.506. The molecule has 0 fully saturated rings. The maximum absolute atomic E-state index is 5.13. The van der Waals surface area contributed by atoms with Gasteiger partial charge in [-0.25, -0.2) is 0 Å². The van der Waals surface area contributed by atoms with E-state index in [0.29, 0.717) is 0 Å². The van der Waals surface area contributed by atoms with Crippen molar-refractivity contribution >= 4 is 28.3 Å². The minimum absolute atomic E-state index is 0.769. The molecule has 0 amide bonds. The van der Waals surface area contributed by atoms with Gasteiger partial charge in [-0.05, 0) is 40.8 Å². The van der Waals surface area contributed by atoms with Crippen molar-refractivity contribution in [3.8, 4) is 12.3 Å². The number of rotatable bonds is 3. The smallest absolute Gasteiger partial charge is 0.0351 e. The molecular formula is C10H10IN. The Morgan fingerprint density at radius 1 is 1.50 bits per heavy atom. The Kier molecular flexibility index (Phi) is 3.95. The lowest BCUT2D eigenvalue weighted by Crippen LogP contribution is -1.99. The molecule has 2 heteroatoms. The Morgan fingerprint density at radius 2 is 2.33 bits per heavy atom. The van der Waals surface area contributed by atoms with Crippen LogP contribution in [-0.2, 0) is 0 Å². The summed E-state index contributed by atoms with van der Waals surface area (Å²) in [5.74, 6) is 2.59. The van der Waals surface area contributed by atoms with Gasteiger partial charge in [0.05, 0.1) is 0 Å². The van der Waals surface area contributed by atoms with Crippen molar-refractivity contribution in [2.75, 3.05) is 11.9 Å². The highest BCUT2D eigenvalue weighted by molar-refractivity contribution is 14.1. The van der Waals surface area contributed by atoms with E-state index in [1.54, 1.807) is 0 Å². The molecule has 62 valence electrons. The van der Waals surface area contributed by atoms with Crippen molar-refractivity contribution in [2.45, 2.75) is 6.42 Å². The van der Waals surface area contributed by atoms with Crippen LogP contribution in [0.2, 0.25) is 0 Å². The molecule has 0 aliphatic rings. The van der Waals surface area contributed by atoms with Crippen molar-refractivity contribution < 1.29 is 0 Å². The first-order valence-electron chi connectivity index (χ1n) is 3.76. The van der Waals surface area contributed by atoms with Gasteiger partial charge in [0.2, 0.25) is 0 Å². The third-order valence-corrected chi connectivity index (χ3v) is 2.09. The predicted octanol–water partition coefficient (Wildman–Crippen LogP) is 2.73. The first-order chi connectivity index (χ1) is 5.83. The van der Waals surface area contributed by atoms with E-state index in [0.717, 1.165) is 18.7 Å². The highest BCUT2D eigenvalue weighted by Gasteiger charge is 1.90. The highest BCUT2D eigenvalue weighted by atomic mass is 127. The zero-order valence-corrected chi connectivity index (χ0v) is 8.84. The molecule has 0 radical (unpaired) electrons. The van der Waals surface area contributed by atoms with Crippen LogP contribution in [0.5, 0.6) is 0 Å². The van der Waals surface area contributed by atoms with Crippen LogP contribution in [0.15, 0.2) is 24.3 Å². The van der Waals surface area contributed by atoms with Gasteiger partial charge in [-0.2, -0.15) is 0 Å². The van der Waals surface area contributed by atoms with Crippen LogP contribution in [0, 0.1) is 15.9 Å². The van der Waals surface area contributed by atoms with Gasteiger partial charge in [0.25, 0.3) is 0 Å². The number of halogens is 1. The molecule has 0 spiro atoms. The van der Waals surface area contributed by atoms with Crippen molar-refractivity contribution in [1.82, 2.24) is 0 Å².